The smallest absolute Gasteiger partial charge is 0.0991 e. The summed E-state index contributed by atoms with van der Waals surface area (Å²) in [5.74, 6) is 0. The lowest BCUT2D eigenvalue weighted by Crippen LogP contribution is -2.56. The highest BCUT2D eigenvalue weighted by molar-refractivity contribution is 4.91. The molecule has 0 spiro atoms. The number of fused-ring (bicyclic) bond motifs is 1. The molecule has 0 radical (unpaired) electrons. The Morgan fingerprint density at radius 3 is 3.00 bits per heavy atom. The fourth-order valence-corrected chi connectivity index (χ4v) is 1.67. The van der Waals surface area contributed by atoms with Crippen LogP contribution in [0.15, 0.2) is 0 Å². The minimum atomic E-state index is -0.0190. The van der Waals surface area contributed by atoms with Crippen molar-refractivity contribution in [2.75, 3.05) is 19.8 Å². The van der Waals surface area contributed by atoms with Gasteiger partial charge in [0.15, 0.2) is 0 Å². The Morgan fingerprint density at radius 1 is 1.36 bits per heavy atom. The van der Waals surface area contributed by atoms with Crippen molar-refractivity contribution in [1.29, 1.82) is 0 Å². The van der Waals surface area contributed by atoms with Crippen molar-refractivity contribution in [3.8, 4) is 0 Å². The molecule has 2 atom stereocenters. The van der Waals surface area contributed by atoms with Crippen LogP contribution in [0.5, 0.6) is 0 Å². The van der Waals surface area contributed by atoms with Gasteiger partial charge in [0, 0.05) is 6.54 Å². The predicted molar refractivity (Wildman–Crippen MR) is 41.6 cm³/mol. The molecular weight excluding hydrogens is 142 g/mol. The summed E-state index contributed by atoms with van der Waals surface area (Å²) in [6.07, 6.45) is 0.277. The van der Waals surface area contributed by atoms with Crippen molar-refractivity contribution in [1.82, 2.24) is 5.32 Å². The van der Waals surface area contributed by atoms with Crippen LogP contribution in [0.1, 0.15) is 13.8 Å². The van der Waals surface area contributed by atoms with Crippen molar-refractivity contribution in [2.45, 2.75) is 31.6 Å². The second-order valence-corrected chi connectivity index (χ2v) is 3.94. The molecule has 2 rings (SSSR count). The summed E-state index contributed by atoms with van der Waals surface area (Å²) in [6, 6.07) is 0.433. The Labute approximate surface area is 67.1 Å². The Bertz CT molecular complexity index is 158. The van der Waals surface area contributed by atoms with Crippen LogP contribution in [-0.2, 0) is 9.47 Å². The summed E-state index contributed by atoms with van der Waals surface area (Å²) >= 11 is 0. The fourth-order valence-electron chi connectivity index (χ4n) is 1.67. The van der Waals surface area contributed by atoms with Crippen molar-refractivity contribution in [3.63, 3.8) is 0 Å². The van der Waals surface area contributed by atoms with Gasteiger partial charge in [0.25, 0.3) is 0 Å². The zero-order valence-corrected chi connectivity index (χ0v) is 7.09. The monoisotopic (exact) mass is 157 g/mol. The van der Waals surface area contributed by atoms with E-state index in [2.05, 4.69) is 19.2 Å². The van der Waals surface area contributed by atoms with Gasteiger partial charge in [-0.2, -0.15) is 0 Å². The zero-order chi connectivity index (χ0) is 7.90. The van der Waals surface area contributed by atoms with Gasteiger partial charge in [-0.3, -0.25) is 0 Å². The maximum absolute atomic E-state index is 5.81. The normalized spacial score (nSPS) is 42.0. The van der Waals surface area contributed by atoms with E-state index in [1.54, 1.807) is 0 Å². The third kappa shape index (κ3) is 1.41. The van der Waals surface area contributed by atoms with Crippen molar-refractivity contribution >= 4 is 0 Å². The van der Waals surface area contributed by atoms with E-state index in [-0.39, 0.29) is 11.7 Å². The summed E-state index contributed by atoms with van der Waals surface area (Å²) in [6.45, 7) is 6.70. The Morgan fingerprint density at radius 2 is 2.18 bits per heavy atom. The number of hydrogen-bond donors (Lipinski definition) is 1. The van der Waals surface area contributed by atoms with Crippen LogP contribution in [0, 0.1) is 0 Å². The second-order valence-electron chi connectivity index (χ2n) is 3.94. The van der Waals surface area contributed by atoms with Gasteiger partial charge in [-0.25, -0.2) is 0 Å². The number of rotatable bonds is 0. The molecule has 0 amide bonds. The summed E-state index contributed by atoms with van der Waals surface area (Å²) < 4.78 is 11.1. The SMILES string of the molecule is CC1(C)CN[C@@H]2COC[C@H]2O1. The van der Waals surface area contributed by atoms with E-state index in [0.717, 1.165) is 19.8 Å². The molecule has 1 N–H and O–H groups in total. The van der Waals surface area contributed by atoms with E-state index in [1.807, 2.05) is 0 Å². The molecule has 2 saturated heterocycles. The van der Waals surface area contributed by atoms with Crippen LogP contribution in [-0.4, -0.2) is 37.5 Å². The van der Waals surface area contributed by atoms with E-state index in [9.17, 15) is 0 Å². The lowest BCUT2D eigenvalue weighted by atomic mass is 10.0. The predicted octanol–water partition coefficient (Wildman–Crippen LogP) is 0.152. The van der Waals surface area contributed by atoms with Crippen LogP contribution in [0.4, 0.5) is 0 Å². The van der Waals surface area contributed by atoms with E-state index in [0.29, 0.717) is 6.04 Å². The summed E-state index contributed by atoms with van der Waals surface area (Å²) in [7, 11) is 0. The lowest BCUT2D eigenvalue weighted by Gasteiger charge is -2.37. The minimum absolute atomic E-state index is 0.0190. The first-order chi connectivity index (χ1) is 5.17. The average Bonchev–Trinajstić information content (AvgIpc) is 2.31. The average molecular weight is 157 g/mol. The summed E-state index contributed by atoms with van der Waals surface area (Å²) in [5.41, 5.74) is -0.0190. The maximum Gasteiger partial charge on any atom is 0.0991 e. The first-order valence-electron chi connectivity index (χ1n) is 4.16. The summed E-state index contributed by atoms with van der Waals surface area (Å²) in [5, 5.41) is 3.42. The molecule has 0 saturated carbocycles. The maximum atomic E-state index is 5.81. The second kappa shape index (κ2) is 2.44. The van der Waals surface area contributed by atoms with Crippen LogP contribution < -0.4 is 5.32 Å². The van der Waals surface area contributed by atoms with E-state index in [1.165, 1.54) is 0 Å². The quantitative estimate of drug-likeness (QED) is 0.543. The molecule has 0 aromatic rings. The number of morpholine rings is 1. The van der Waals surface area contributed by atoms with Gasteiger partial charge in [0.2, 0.25) is 0 Å². The molecule has 64 valence electrons. The van der Waals surface area contributed by atoms with Crippen LogP contribution in [0.25, 0.3) is 0 Å². The summed E-state index contributed by atoms with van der Waals surface area (Å²) in [4.78, 5) is 0. The van der Waals surface area contributed by atoms with Crippen LogP contribution >= 0.6 is 0 Å². The molecule has 0 aromatic carbocycles. The minimum Gasteiger partial charge on any atom is -0.377 e. The Hall–Kier alpha value is -0.120. The van der Waals surface area contributed by atoms with Gasteiger partial charge >= 0.3 is 0 Å². The standard InChI is InChI=1S/C8H15NO2/c1-8(2)5-9-6-3-10-4-7(6)11-8/h6-7,9H,3-5H2,1-2H3/t6-,7-/m1/s1. The molecule has 0 aliphatic carbocycles. The van der Waals surface area contributed by atoms with Gasteiger partial charge < -0.3 is 14.8 Å². The third-order valence-electron chi connectivity index (χ3n) is 2.29. The number of ether oxygens (including phenoxy) is 2. The molecule has 11 heavy (non-hydrogen) atoms. The number of hydrogen-bond acceptors (Lipinski definition) is 3. The molecule has 2 aliphatic rings. The first-order valence-corrected chi connectivity index (χ1v) is 4.16. The van der Waals surface area contributed by atoms with Crippen molar-refractivity contribution < 1.29 is 9.47 Å². The molecule has 3 nitrogen and oxygen atoms in total. The molecule has 0 aromatic heterocycles. The van der Waals surface area contributed by atoms with Crippen molar-refractivity contribution in [2.24, 2.45) is 0 Å². The Balaban J connectivity index is 2.02. The zero-order valence-electron chi connectivity index (χ0n) is 7.09. The van der Waals surface area contributed by atoms with Crippen molar-refractivity contribution in [3.05, 3.63) is 0 Å². The molecule has 2 fully saturated rings. The van der Waals surface area contributed by atoms with E-state index >= 15 is 0 Å². The van der Waals surface area contributed by atoms with Gasteiger partial charge in [0.1, 0.15) is 0 Å². The van der Waals surface area contributed by atoms with E-state index < -0.39 is 0 Å². The molecular formula is C8H15NO2. The van der Waals surface area contributed by atoms with Gasteiger partial charge in [0.05, 0.1) is 31.0 Å². The fraction of sp³-hybridized carbons (Fsp3) is 1.00. The Kier molecular flexibility index (Phi) is 1.67. The lowest BCUT2D eigenvalue weighted by molar-refractivity contribution is -0.103. The highest BCUT2D eigenvalue weighted by Gasteiger charge is 2.38. The largest absolute Gasteiger partial charge is 0.377 e. The highest BCUT2D eigenvalue weighted by atomic mass is 16.6. The number of nitrogens with one attached hydrogen (secondary N) is 1. The van der Waals surface area contributed by atoms with Crippen LogP contribution in [0.3, 0.4) is 0 Å². The van der Waals surface area contributed by atoms with Gasteiger partial charge in [-0.1, -0.05) is 0 Å². The van der Waals surface area contributed by atoms with Crippen LogP contribution in [0.2, 0.25) is 0 Å². The topological polar surface area (TPSA) is 30.5 Å². The first kappa shape index (κ1) is 7.53. The van der Waals surface area contributed by atoms with E-state index in [4.69, 9.17) is 9.47 Å². The van der Waals surface area contributed by atoms with Gasteiger partial charge in [-0.05, 0) is 13.8 Å². The highest BCUT2D eigenvalue weighted by Crippen LogP contribution is 2.22. The molecule has 0 bridgehead atoms. The van der Waals surface area contributed by atoms with Gasteiger partial charge in [-0.15, -0.1) is 0 Å². The molecule has 2 aliphatic heterocycles. The molecule has 0 unspecified atom stereocenters. The molecule has 2 heterocycles. The third-order valence-corrected chi connectivity index (χ3v) is 2.29. The molecule has 3 heteroatoms.